The Kier molecular flexibility index (Phi) is 6.86. The topological polar surface area (TPSA) is 80.1 Å². The van der Waals surface area contributed by atoms with Gasteiger partial charge in [0.05, 0.1) is 11.6 Å². The van der Waals surface area contributed by atoms with Crippen LogP contribution in [0.3, 0.4) is 0 Å². The van der Waals surface area contributed by atoms with E-state index in [0.29, 0.717) is 16.8 Å². The molecule has 0 aliphatic carbocycles. The van der Waals surface area contributed by atoms with Crippen LogP contribution in [0, 0.1) is 20.8 Å². The van der Waals surface area contributed by atoms with E-state index in [1.54, 1.807) is 23.0 Å². The van der Waals surface area contributed by atoms with E-state index < -0.39 is 6.04 Å². The molecule has 1 saturated heterocycles. The van der Waals surface area contributed by atoms with Gasteiger partial charge in [0.2, 0.25) is 11.8 Å². The smallest absolute Gasteiger partial charge is 0.248 e. The number of benzene rings is 2. The maximum absolute atomic E-state index is 13.0. The zero-order valence-electron chi connectivity index (χ0n) is 18.2. The van der Waals surface area contributed by atoms with Gasteiger partial charge in [-0.25, -0.2) is 0 Å². The second kappa shape index (κ2) is 9.79. The van der Waals surface area contributed by atoms with Gasteiger partial charge in [0.1, 0.15) is 12.4 Å². The van der Waals surface area contributed by atoms with Crippen molar-refractivity contribution in [3.63, 3.8) is 0 Å². The fourth-order valence-corrected chi connectivity index (χ4v) is 5.36. The molecule has 0 bridgehead atoms. The first kappa shape index (κ1) is 22.4. The van der Waals surface area contributed by atoms with Crippen LogP contribution in [0.5, 0.6) is 0 Å². The van der Waals surface area contributed by atoms with Gasteiger partial charge in [0, 0.05) is 17.1 Å². The van der Waals surface area contributed by atoms with Crippen molar-refractivity contribution in [2.24, 2.45) is 0 Å². The molecule has 1 aliphatic rings. The first-order chi connectivity index (χ1) is 15.4. The number of nitrogens with one attached hydrogen (secondary N) is 1. The van der Waals surface area contributed by atoms with Gasteiger partial charge < -0.3 is 10.2 Å². The van der Waals surface area contributed by atoms with Crippen molar-refractivity contribution in [2.45, 2.75) is 32.0 Å². The molecule has 0 saturated carbocycles. The van der Waals surface area contributed by atoms with Crippen LogP contribution in [0.15, 0.2) is 53.9 Å². The molecule has 2 amide bonds. The Hall–Kier alpha value is -2.78. The van der Waals surface area contributed by atoms with Crippen LogP contribution in [-0.4, -0.2) is 54.9 Å². The van der Waals surface area contributed by atoms with Gasteiger partial charge in [0.25, 0.3) is 0 Å². The normalized spacial score (nSPS) is 15.7. The zero-order valence-corrected chi connectivity index (χ0v) is 19.9. The number of hydrogen-bond acceptors (Lipinski definition) is 6. The third-order valence-electron chi connectivity index (χ3n) is 5.43. The second-order valence-corrected chi connectivity index (χ2v) is 9.72. The second-order valence-electron chi connectivity index (χ2n) is 7.78. The highest BCUT2D eigenvalue weighted by Gasteiger charge is 2.34. The number of hydrogen-bond donors (Lipinski definition) is 1. The summed E-state index contributed by atoms with van der Waals surface area (Å²) in [6.07, 6.45) is 1.64. The van der Waals surface area contributed by atoms with Crippen molar-refractivity contribution in [3.05, 3.63) is 65.5 Å². The third kappa shape index (κ3) is 4.99. The van der Waals surface area contributed by atoms with Gasteiger partial charge in [-0.15, -0.1) is 22.0 Å². The maximum Gasteiger partial charge on any atom is 0.248 e. The van der Waals surface area contributed by atoms with E-state index >= 15 is 0 Å². The standard InChI is InChI=1S/C23H25N5O2S2/c1-15-4-8-19(9-5-15)27-13-24-26-23(27)32-12-21(29)28-14-31-11-20(28)22(30)25-18-7-6-16(2)17(3)10-18/h4-10,13,20H,11-12,14H2,1-3H3,(H,25,30). The summed E-state index contributed by atoms with van der Waals surface area (Å²) < 4.78 is 1.86. The molecular formula is C23H25N5O2S2. The molecule has 7 nitrogen and oxygen atoms in total. The van der Waals surface area contributed by atoms with Crippen LogP contribution < -0.4 is 5.32 Å². The number of anilines is 1. The lowest BCUT2D eigenvalue weighted by atomic mass is 10.1. The monoisotopic (exact) mass is 467 g/mol. The summed E-state index contributed by atoms with van der Waals surface area (Å²) in [5.74, 6) is 1.05. The molecule has 0 spiro atoms. The minimum atomic E-state index is -0.482. The molecule has 9 heteroatoms. The fraction of sp³-hybridized carbons (Fsp3) is 0.304. The molecule has 2 aromatic carbocycles. The summed E-state index contributed by atoms with van der Waals surface area (Å²) in [6.45, 7) is 6.08. The summed E-state index contributed by atoms with van der Waals surface area (Å²) in [6, 6.07) is 13.4. The number of carbonyl (C=O) groups is 2. The third-order valence-corrected chi connectivity index (χ3v) is 7.37. The van der Waals surface area contributed by atoms with Gasteiger partial charge in [-0.05, 0) is 56.2 Å². The highest BCUT2D eigenvalue weighted by molar-refractivity contribution is 8.00. The van der Waals surface area contributed by atoms with Crippen molar-refractivity contribution in [3.8, 4) is 5.69 Å². The van der Waals surface area contributed by atoms with E-state index in [1.807, 2.05) is 67.8 Å². The van der Waals surface area contributed by atoms with Gasteiger partial charge in [-0.2, -0.15) is 0 Å². The van der Waals surface area contributed by atoms with Gasteiger partial charge in [0.15, 0.2) is 5.16 Å². The number of thioether (sulfide) groups is 2. The van der Waals surface area contributed by atoms with E-state index in [2.05, 4.69) is 15.5 Å². The molecule has 1 unspecified atom stereocenters. The lowest BCUT2D eigenvalue weighted by molar-refractivity contribution is -0.134. The minimum Gasteiger partial charge on any atom is -0.324 e. The summed E-state index contributed by atoms with van der Waals surface area (Å²) in [5.41, 5.74) is 5.15. The SMILES string of the molecule is Cc1ccc(-n2cnnc2SCC(=O)N2CSCC2C(=O)Nc2ccc(C)c(C)c2)cc1. The van der Waals surface area contributed by atoms with E-state index in [-0.39, 0.29) is 17.6 Å². The molecule has 1 aliphatic heterocycles. The summed E-state index contributed by atoms with van der Waals surface area (Å²) in [4.78, 5) is 27.5. The number of aryl methyl sites for hydroxylation is 3. The van der Waals surface area contributed by atoms with Crippen LogP contribution in [-0.2, 0) is 9.59 Å². The lowest BCUT2D eigenvalue weighted by Gasteiger charge is -2.23. The van der Waals surface area contributed by atoms with E-state index in [0.717, 1.165) is 16.9 Å². The molecule has 0 radical (unpaired) electrons. The minimum absolute atomic E-state index is 0.0845. The highest BCUT2D eigenvalue weighted by Crippen LogP contribution is 2.26. The molecule has 4 rings (SSSR count). The Morgan fingerprint density at radius 1 is 1.12 bits per heavy atom. The Morgan fingerprint density at radius 2 is 1.91 bits per heavy atom. The fourth-order valence-electron chi connectivity index (χ4n) is 3.36. The van der Waals surface area contributed by atoms with Crippen LogP contribution >= 0.6 is 23.5 Å². The van der Waals surface area contributed by atoms with Crippen molar-refractivity contribution in [2.75, 3.05) is 22.7 Å². The summed E-state index contributed by atoms with van der Waals surface area (Å²) >= 11 is 2.92. The number of amides is 2. The molecular weight excluding hydrogens is 442 g/mol. The Labute approximate surface area is 196 Å². The van der Waals surface area contributed by atoms with Gasteiger partial charge >= 0.3 is 0 Å². The maximum atomic E-state index is 13.0. The number of rotatable bonds is 6. The predicted molar refractivity (Wildman–Crippen MR) is 129 cm³/mol. The van der Waals surface area contributed by atoms with E-state index in [9.17, 15) is 9.59 Å². The molecule has 32 heavy (non-hydrogen) atoms. The van der Waals surface area contributed by atoms with Crippen molar-refractivity contribution in [1.29, 1.82) is 0 Å². The Balaban J connectivity index is 1.39. The Bertz CT molecular complexity index is 1130. The number of aromatic nitrogens is 3. The first-order valence-corrected chi connectivity index (χ1v) is 12.4. The number of nitrogens with zero attached hydrogens (tertiary/aromatic N) is 4. The van der Waals surface area contributed by atoms with Crippen molar-refractivity contribution >= 4 is 41.0 Å². The predicted octanol–water partition coefficient (Wildman–Crippen LogP) is 3.82. The van der Waals surface area contributed by atoms with Crippen LogP contribution in [0.25, 0.3) is 5.69 Å². The molecule has 1 atom stereocenters. The van der Waals surface area contributed by atoms with Crippen LogP contribution in [0.1, 0.15) is 16.7 Å². The van der Waals surface area contributed by atoms with Gasteiger partial charge in [-0.3, -0.25) is 14.2 Å². The van der Waals surface area contributed by atoms with E-state index in [4.69, 9.17) is 0 Å². The van der Waals surface area contributed by atoms with Crippen LogP contribution in [0.4, 0.5) is 5.69 Å². The molecule has 166 valence electrons. The average Bonchev–Trinajstić information content (AvgIpc) is 3.45. The lowest BCUT2D eigenvalue weighted by Crippen LogP contribution is -2.45. The zero-order chi connectivity index (χ0) is 22.7. The quantitative estimate of drug-likeness (QED) is 0.555. The number of carbonyl (C=O) groups excluding carboxylic acids is 2. The first-order valence-electron chi connectivity index (χ1n) is 10.3. The molecule has 1 fully saturated rings. The molecule has 1 N–H and O–H groups in total. The summed E-state index contributed by atoms with van der Waals surface area (Å²) in [7, 11) is 0. The van der Waals surface area contributed by atoms with Crippen molar-refractivity contribution in [1.82, 2.24) is 19.7 Å². The highest BCUT2D eigenvalue weighted by atomic mass is 32.2. The van der Waals surface area contributed by atoms with Crippen molar-refractivity contribution < 1.29 is 9.59 Å². The van der Waals surface area contributed by atoms with Crippen LogP contribution in [0.2, 0.25) is 0 Å². The Morgan fingerprint density at radius 3 is 2.66 bits per heavy atom. The van der Waals surface area contributed by atoms with E-state index in [1.165, 1.54) is 22.9 Å². The largest absolute Gasteiger partial charge is 0.324 e. The van der Waals surface area contributed by atoms with Gasteiger partial charge in [-0.1, -0.05) is 35.5 Å². The molecule has 3 aromatic rings. The molecule has 1 aromatic heterocycles. The average molecular weight is 468 g/mol. The summed E-state index contributed by atoms with van der Waals surface area (Å²) in [5, 5.41) is 11.8. The molecule has 2 heterocycles.